The summed E-state index contributed by atoms with van der Waals surface area (Å²) in [4.78, 5) is 23.7. The summed E-state index contributed by atoms with van der Waals surface area (Å²) in [6.07, 6.45) is 3.78. The number of alkyl carbamates (subject to hydrolysis) is 1. The van der Waals surface area contributed by atoms with Crippen molar-refractivity contribution < 1.29 is 33.3 Å². The molecule has 0 heterocycles. The second-order valence-electron chi connectivity index (χ2n) is 11.8. The zero-order chi connectivity index (χ0) is 35.5. The van der Waals surface area contributed by atoms with Gasteiger partial charge in [-0.15, -0.1) is 0 Å². The summed E-state index contributed by atoms with van der Waals surface area (Å²) in [5.41, 5.74) is 18.4. The first-order valence-corrected chi connectivity index (χ1v) is 15.9. The van der Waals surface area contributed by atoms with Crippen LogP contribution in [-0.4, -0.2) is 53.1 Å². The average molecular weight is 668 g/mol. The maximum Gasteiger partial charge on any atom is 0.407 e. The number of hydrogen-bond donors (Lipinski definition) is 3. The van der Waals surface area contributed by atoms with Gasteiger partial charge in [0.05, 0.1) is 34.1 Å². The van der Waals surface area contributed by atoms with E-state index in [0.717, 1.165) is 22.3 Å². The van der Waals surface area contributed by atoms with E-state index in [0.29, 0.717) is 35.1 Å². The Labute approximate surface area is 288 Å². The first-order valence-electron chi connectivity index (χ1n) is 15.9. The number of hydrogen-bond acceptors (Lipinski definition) is 8. The minimum absolute atomic E-state index is 0.00900. The number of anilines is 1. The molecule has 5 rings (SSSR count). The minimum Gasteiger partial charge on any atom is -0.495 e. The van der Waals surface area contributed by atoms with Crippen molar-refractivity contribution in [3.8, 4) is 34.1 Å². The highest BCUT2D eigenvalue weighted by atomic mass is 16.5. The summed E-state index contributed by atoms with van der Waals surface area (Å²) in [6, 6.07) is 25.0. The number of nitrogen functional groups attached to an aromatic ring is 1. The smallest absolute Gasteiger partial charge is 0.407 e. The lowest BCUT2D eigenvalue weighted by molar-refractivity contribution is -0.120. The Morgan fingerprint density at radius 2 is 1.31 bits per heavy atom. The second-order valence-corrected chi connectivity index (χ2v) is 11.8. The monoisotopic (exact) mass is 667 g/mol. The molecular weight excluding hydrogens is 622 g/mol. The maximum absolute atomic E-state index is 12.2. The van der Waals surface area contributed by atoms with Gasteiger partial charge in [0, 0.05) is 5.92 Å². The normalized spacial score (nSPS) is 12.3. The lowest BCUT2D eigenvalue weighted by Crippen LogP contribution is -2.45. The summed E-state index contributed by atoms with van der Waals surface area (Å²) < 4.78 is 26.6. The van der Waals surface area contributed by atoms with Crippen molar-refractivity contribution >= 4 is 29.8 Å². The molecule has 0 spiro atoms. The number of primary amides is 1. The minimum atomic E-state index is -0.717. The molecule has 4 aromatic rings. The molecule has 0 fully saturated rings. The third kappa shape index (κ3) is 9.04. The second kappa shape index (κ2) is 17.0. The molecule has 5 N–H and O–H groups in total. The van der Waals surface area contributed by atoms with Gasteiger partial charge in [-0.05, 0) is 70.0 Å². The third-order valence-electron chi connectivity index (χ3n) is 8.10. The van der Waals surface area contributed by atoms with Crippen LogP contribution in [0.25, 0.3) is 23.3 Å². The van der Waals surface area contributed by atoms with Gasteiger partial charge in [-0.2, -0.15) is 0 Å². The molecule has 49 heavy (non-hydrogen) atoms. The molecule has 0 aliphatic heterocycles. The standard InChI is InChI=1S/C21H24N2O3.C18H21NO4/c1-13(2)11-19(20(22)24)23-21(25)26-12-18-16-9-5-3-7-14(16)15-8-4-6-10-17(15)18;1-20-15-8-7-12(9-14(15)19)5-6-13-10-16(21-2)18(23-4)17(11-13)22-3/h3-10,13,18-19H,11-12H2,1-2H3,(H2,22,24)(H,23,25);5-11H,19H2,1-4H3/t19-;/m0./s1. The van der Waals surface area contributed by atoms with E-state index in [1.165, 1.54) is 11.1 Å². The molecule has 0 unspecified atom stereocenters. The van der Waals surface area contributed by atoms with Crippen molar-refractivity contribution in [1.82, 2.24) is 5.32 Å². The Morgan fingerprint density at radius 1 is 0.755 bits per heavy atom. The average Bonchev–Trinajstić information content (AvgIpc) is 3.42. The first kappa shape index (κ1) is 36.2. The summed E-state index contributed by atoms with van der Waals surface area (Å²) in [6.45, 7) is 4.15. The number of fused-ring (bicyclic) bond motifs is 3. The highest BCUT2D eigenvalue weighted by Crippen LogP contribution is 2.44. The number of rotatable bonds is 12. The number of nitrogens with two attached hydrogens (primary N) is 2. The molecule has 1 aliphatic carbocycles. The van der Waals surface area contributed by atoms with Gasteiger partial charge < -0.3 is 40.5 Å². The highest BCUT2D eigenvalue weighted by molar-refractivity contribution is 5.84. The van der Waals surface area contributed by atoms with Crippen LogP contribution in [-0.2, 0) is 9.53 Å². The van der Waals surface area contributed by atoms with Crippen molar-refractivity contribution in [2.24, 2.45) is 11.7 Å². The lowest BCUT2D eigenvalue weighted by atomic mass is 9.98. The molecule has 10 nitrogen and oxygen atoms in total. The van der Waals surface area contributed by atoms with E-state index < -0.39 is 18.0 Å². The van der Waals surface area contributed by atoms with E-state index in [-0.39, 0.29) is 18.4 Å². The number of methoxy groups -OCH3 is 4. The molecule has 4 aromatic carbocycles. The number of carbonyl (C=O) groups excluding carboxylic acids is 2. The van der Waals surface area contributed by atoms with E-state index in [4.69, 9.17) is 35.2 Å². The number of carbonyl (C=O) groups is 2. The Balaban J connectivity index is 0.000000223. The molecule has 0 bridgehead atoms. The Kier molecular flexibility index (Phi) is 12.5. The highest BCUT2D eigenvalue weighted by Gasteiger charge is 2.29. The van der Waals surface area contributed by atoms with Crippen LogP contribution >= 0.6 is 0 Å². The van der Waals surface area contributed by atoms with Crippen LogP contribution in [0.1, 0.15) is 48.4 Å². The van der Waals surface area contributed by atoms with E-state index in [2.05, 4.69) is 29.6 Å². The summed E-state index contributed by atoms with van der Waals surface area (Å²) in [5.74, 6) is 2.14. The van der Waals surface area contributed by atoms with Gasteiger partial charge >= 0.3 is 6.09 Å². The van der Waals surface area contributed by atoms with Crippen molar-refractivity contribution in [2.45, 2.75) is 32.2 Å². The Morgan fingerprint density at radius 3 is 1.80 bits per heavy atom. The quantitative estimate of drug-likeness (QED) is 0.109. The third-order valence-corrected chi connectivity index (χ3v) is 8.10. The van der Waals surface area contributed by atoms with Gasteiger partial charge in [0.15, 0.2) is 11.5 Å². The van der Waals surface area contributed by atoms with Crippen LogP contribution in [0, 0.1) is 5.92 Å². The van der Waals surface area contributed by atoms with Crippen LogP contribution in [0.4, 0.5) is 10.5 Å². The fraction of sp³-hybridized carbons (Fsp3) is 0.282. The molecule has 10 heteroatoms. The van der Waals surface area contributed by atoms with Crippen molar-refractivity contribution in [3.63, 3.8) is 0 Å². The molecule has 1 aliphatic rings. The largest absolute Gasteiger partial charge is 0.495 e. The molecule has 0 aromatic heterocycles. The van der Waals surface area contributed by atoms with E-state index in [1.807, 2.05) is 80.6 Å². The van der Waals surface area contributed by atoms with E-state index in [9.17, 15) is 9.59 Å². The lowest BCUT2D eigenvalue weighted by Gasteiger charge is -2.19. The van der Waals surface area contributed by atoms with Gasteiger partial charge in [-0.1, -0.05) is 80.6 Å². The van der Waals surface area contributed by atoms with Crippen molar-refractivity contribution in [2.75, 3.05) is 40.8 Å². The number of ether oxygens (including phenoxy) is 5. The van der Waals surface area contributed by atoms with Gasteiger partial charge in [0.25, 0.3) is 0 Å². The summed E-state index contributed by atoms with van der Waals surface area (Å²) >= 11 is 0. The summed E-state index contributed by atoms with van der Waals surface area (Å²) in [5, 5.41) is 2.58. The fourth-order valence-electron chi connectivity index (χ4n) is 5.75. The van der Waals surface area contributed by atoms with Crippen LogP contribution in [0.15, 0.2) is 78.9 Å². The number of benzene rings is 4. The maximum atomic E-state index is 12.2. The Hall–Kier alpha value is -5.64. The van der Waals surface area contributed by atoms with Gasteiger partial charge in [0.2, 0.25) is 11.7 Å². The molecular formula is C39H45N3O7. The number of nitrogens with one attached hydrogen (secondary N) is 1. The number of amides is 2. The summed E-state index contributed by atoms with van der Waals surface area (Å²) in [7, 11) is 6.36. The fourth-order valence-corrected chi connectivity index (χ4v) is 5.75. The molecule has 0 saturated heterocycles. The van der Waals surface area contributed by atoms with Gasteiger partial charge in [0.1, 0.15) is 18.4 Å². The van der Waals surface area contributed by atoms with Gasteiger partial charge in [-0.25, -0.2) is 4.79 Å². The zero-order valence-corrected chi connectivity index (χ0v) is 28.8. The van der Waals surface area contributed by atoms with Crippen LogP contribution in [0.2, 0.25) is 0 Å². The SMILES string of the molecule is CC(C)C[C@H](NC(=O)OCC1c2ccccc2-c2ccccc21)C(N)=O.COc1ccc(C=Cc2cc(OC)c(OC)c(OC)c2)cc1N. The van der Waals surface area contributed by atoms with E-state index >= 15 is 0 Å². The van der Waals surface area contributed by atoms with Gasteiger partial charge in [-0.3, -0.25) is 4.79 Å². The zero-order valence-electron chi connectivity index (χ0n) is 28.8. The van der Waals surface area contributed by atoms with Crippen LogP contribution in [0.3, 0.4) is 0 Å². The van der Waals surface area contributed by atoms with Crippen molar-refractivity contribution in [3.05, 3.63) is 101 Å². The molecule has 1 atom stereocenters. The first-order chi connectivity index (χ1) is 23.6. The molecule has 0 radical (unpaired) electrons. The van der Waals surface area contributed by atoms with E-state index in [1.54, 1.807) is 28.4 Å². The molecule has 258 valence electrons. The van der Waals surface area contributed by atoms with Crippen molar-refractivity contribution in [1.29, 1.82) is 0 Å². The predicted molar refractivity (Wildman–Crippen MR) is 193 cm³/mol. The predicted octanol–water partition coefficient (Wildman–Crippen LogP) is 6.90. The Bertz CT molecular complexity index is 1720. The topological polar surface area (TPSA) is 144 Å². The van der Waals surface area contributed by atoms with Crippen LogP contribution < -0.4 is 35.7 Å². The molecule has 0 saturated carbocycles. The molecule has 2 amide bonds. The van der Waals surface area contributed by atoms with Crippen LogP contribution in [0.5, 0.6) is 23.0 Å².